The van der Waals surface area contributed by atoms with E-state index < -0.39 is 5.97 Å². The molecular formula is C17H20ClN3O3. The number of carbonyl (C=O) groups is 2. The van der Waals surface area contributed by atoms with Gasteiger partial charge >= 0.3 is 5.97 Å². The Balaban J connectivity index is 2.38. The molecule has 0 aliphatic carbocycles. The highest BCUT2D eigenvalue weighted by atomic mass is 35.5. The standard InChI is InChI=1S/C17H20ClN3O3/c1-4-11(2)20(10-16(22)23)17(24)15-9-19-21(12(15)3)14-7-5-6-13(18)8-14/h5-9,11H,4,10H2,1-3H3,(H,22,23). The molecule has 0 aliphatic heterocycles. The molecule has 0 saturated carbocycles. The molecule has 2 aromatic rings. The number of carboxylic acid groups (broad SMARTS) is 1. The average Bonchev–Trinajstić information content (AvgIpc) is 2.92. The molecule has 24 heavy (non-hydrogen) atoms. The van der Waals surface area contributed by atoms with E-state index in [0.29, 0.717) is 22.7 Å². The van der Waals surface area contributed by atoms with Gasteiger partial charge in [0.15, 0.2) is 0 Å². The maximum absolute atomic E-state index is 12.8. The summed E-state index contributed by atoms with van der Waals surface area (Å²) in [6.07, 6.45) is 2.14. The number of carbonyl (C=O) groups excluding carboxylic acids is 1. The molecule has 1 N–H and O–H groups in total. The zero-order valence-electron chi connectivity index (χ0n) is 13.9. The first-order chi connectivity index (χ1) is 11.3. The Morgan fingerprint density at radius 3 is 2.71 bits per heavy atom. The van der Waals surface area contributed by atoms with E-state index in [0.717, 1.165) is 5.69 Å². The summed E-state index contributed by atoms with van der Waals surface area (Å²) in [5.41, 5.74) is 1.77. The maximum atomic E-state index is 12.8. The van der Waals surface area contributed by atoms with E-state index >= 15 is 0 Å². The number of amides is 1. The molecule has 128 valence electrons. The van der Waals surface area contributed by atoms with Gasteiger partial charge in [0.05, 0.1) is 23.1 Å². The highest BCUT2D eigenvalue weighted by molar-refractivity contribution is 6.30. The number of benzene rings is 1. The topological polar surface area (TPSA) is 75.4 Å². The third-order valence-corrected chi connectivity index (χ3v) is 4.22. The van der Waals surface area contributed by atoms with Gasteiger partial charge in [-0.15, -0.1) is 0 Å². The van der Waals surface area contributed by atoms with Crippen molar-refractivity contribution in [1.29, 1.82) is 0 Å². The van der Waals surface area contributed by atoms with Crippen LogP contribution in [0.2, 0.25) is 5.02 Å². The van der Waals surface area contributed by atoms with Crippen molar-refractivity contribution in [3.63, 3.8) is 0 Å². The second kappa shape index (κ2) is 7.49. The van der Waals surface area contributed by atoms with E-state index in [2.05, 4.69) is 5.10 Å². The minimum absolute atomic E-state index is 0.178. The first-order valence-electron chi connectivity index (χ1n) is 7.68. The average molecular weight is 350 g/mol. The summed E-state index contributed by atoms with van der Waals surface area (Å²) in [6.45, 7) is 5.18. The van der Waals surface area contributed by atoms with Crippen LogP contribution < -0.4 is 0 Å². The van der Waals surface area contributed by atoms with Crippen molar-refractivity contribution in [2.45, 2.75) is 33.2 Å². The minimum Gasteiger partial charge on any atom is -0.480 e. The lowest BCUT2D eigenvalue weighted by atomic mass is 10.1. The van der Waals surface area contributed by atoms with Crippen molar-refractivity contribution in [3.05, 3.63) is 46.7 Å². The van der Waals surface area contributed by atoms with Crippen LogP contribution >= 0.6 is 11.6 Å². The molecule has 0 radical (unpaired) electrons. The molecule has 0 fully saturated rings. The smallest absolute Gasteiger partial charge is 0.323 e. The van der Waals surface area contributed by atoms with Gasteiger partial charge in [-0.05, 0) is 38.5 Å². The van der Waals surface area contributed by atoms with Crippen LogP contribution in [0.4, 0.5) is 0 Å². The van der Waals surface area contributed by atoms with Gasteiger partial charge in [0, 0.05) is 11.1 Å². The lowest BCUT2D eigenvalue weighted by Gasteiger charge is -2.26. The molecule has 0 spiro atoms. The molecule has 6 nitrogen and oxygen atoms in total. The van der Waals surface area contributed by atoms with Crippen LogP contribution in [0.3, 0.4) is 0 Å². The first-order valence-corrected chi connectivity index (χ1v) is 8.06. The van der Waals surface area contributed by atoms with E-state index in [9.17, 15) is 9.59 Å². The van der Waals surface area contributed by atoms with Crippen LogP contribution in [0, 0.1) is 6.92 Å². The Kier molecular flexibility index (Phi) is 5.62. The number of rotatable bonds is 6. The van der Waals surface area contributed by atoms with Crippen LogP contribution in [-0.2, 0) is 4.79 Å². The number of aromatic nitrogens is 2. The number of halogens is 1. The summed E-state index contributed by atoms with van der Waals surface area (Å²) in [4.78, 5) is 25.2. The molecule has 0 aliphatic rings. The summed E-state index contributed by atoms with van der Waals surface area (Å²) < 4.78 is 1.62. The number of hydrogen-bond donors (Lipinski definition) is 1. The van der Waals surface area contributed by atoms with Gasteiger partial charge in [0.25, 0.3) is 5.91 Å². The summed E-state index contributed by atoms with van der Waals surface area (Å²) in [5.74, 6) is -1.37. The van der Waals surface area contributed by atoms with Crippen molar-refractivity contribution < 1.29 is 14.7 Å². The monoisotopic (exact) mass is 349 g/mol. The molecule has 7 heteroatoms. The quantitative estimate of drug-likeness (QED) is 0.869. The van der Waals surface area contributed by atoms with Gasteiger partial charge in [-0.1, -0.05) is 24.6 Å². The molecule has 2 rings (SSSR count). The second-order valence-corrected chi connectivity index (χ2v) is 6.06. The third-order valence-electron chi connectivity index (χ3n) is 3.98. The van der Waals surface area contributed by atoms with Crippen molar-refractivity contribution >= 4 is 23.5 Å². The molecule has 1 unspecified atom stereocenters. The number of aliphatic carboxylic acids is 1. The van der Waals surface area contributed by atoms with Crippen molar-refractivity contribution in [2.24, 2.45) is 0 Å². The third kappa shape index (κ3) is 3.76. The largest absolute Gasteiger partial charge is 0.480 e. The van der Waals surface area contributed by atoms with Crippen LogP contribution in [0.1, 0.15) is 36.3 Å². The van der Waals surface area contributed by atoms with Crippen molar-refractivity contribution in [1.82, 2.24) is 14.7 Å². The van der Waals surface area contributed by atoms with E-state index in [1.54, 1.807) is 29.8 Å². The van der Waals surface area contributed by atoms with E-state index in [1.807, 2.05) is 19.9 Å². The Morgan fingerprint density at radius 2 is 2.12 bits per heavy atom. The number of nitrogens with zero attached hydrogens (tertiary/aromatic N) is 3. The Labute approximate surface area is 145 Å². The van der Waals surface area contributed by atoms with Crippen LogP contribution in [0.15, 0.2) is 30.5 Å². The molecule has 0 bridgehead atoms. The highest BCUT2D eigenvalue weighted by Crippen LogP contribution is 2.20. The second-order valence-electron chi connectivity index (χ2n) is 5.62. The van der Waals surface area contributed by atoms with Crippen LogP contribution in [0.5, 0.6) is 0 Å². The predicted octanol–water partition coefficient (Wildman–Crippen LogP) is 3.16. The normalized spacial score (nSPS) is 12.0. The van der Waals surface area contributed by atoms with Gasteiger partial charge in [-0.25, -0.2) is 4.68 Å². The van der Waals surface area contributed by atoms with Gasteiger partial charge in [-0.2, -0.15) is 5.10 Å². The summed E-state index contributed by atoms with van der Waals surface area (Å²) in [6, 6.07) is 6.97. The fourth-order valence-corrected chi connectivity index (χ4v) is 2.62. The van der Waals surface area contributed by atoms with Gasteiger partial charge < -0.3 is 10.0 Å². The fraction of sp³-hybridized carbons (Fsp3) is 0.353. The lowest BCUT2D eigenvalue weighted by molar-refractivity contribution is -0.138. The fourth-order valence-electron chi connectivity index (χ4n) is 2.44. The Hall–Kier alpha value is -2.34. The molecule has 0 saturated heterocycles. The van der Waals surface area contributed by atoms with E-state index in [4.69, 9.17) is 16.7 Å². The Bertz CT molecular complexity index is 757. The zero-order valence-corrected chi connectivity index (χ0v) is 14.6. The molecule has 1 aromatic carbocycles. The molecule has 1 amide bonds. The summed E-state index contributed by atoms with van der Waals surface area (Å²) >= 11 is 6.00. The van der Waals surface area contributed by atoms with E-state index in [1.165, 1.54) is 11.1 Å². The number of carboxylic acids is 1. The first kappa shape index (κ1) is 18.0. The SMILES string of the molecule is CCC(C)N(CC(=O)O)C(=O)c1cnn(-c2cccc(Cl)c2)c1C. The number of hydrogen-bond acceptors (Lipinski definition) is 3. The van der Waals surface area contributed by atoms with Gasteiger partial charge in [0.2, 0.25) is 0 Å². The van der Waals surface area contributed by atoms with Gasteiger partial charge in [0.1, 0.15) is 6.54 Å². The molecule has 1 heterocycles. The van der Waals surface area contributed by atoms with Crippen LogP contribution in [0.25, 0.3) is 5.69 Å². The van der Waals surface area contributed by atoms with Crippen LogP contribution in [-0.4, -0.2) is 44.3 Å². The van der Waals surface area contributed by atoms with Crippen molar-refractivity contribution in [2.75, 3.05) is 6.54 Å². The molecule has 1 aromatic heterocycles. The van der Waals surface area contributed by atoms with Crippen molar-refractivity contribution in [3.8, 4) is 5.69 Å². The van der Waals surface area contributed by atoms with Gasteiger partial charge in [-0.3, -0.25) is 9.59 Å². The highest BCUT2D eigenvalue weighted by Gasteiger charge is 2.26. The van der Waals surface area contributed by atoms with E-state index in [-0.39, 0.29) is 18.5 Å². The molecule has 1 atom stereocenters. The summed E-state index contributed by atoms with van der Waals surface area (Å²) in [5, 5.41) is 13.9. The maximum Gasteiger partial charge on any atom is 0.323 e. The lowest BCUT2D eigenvalue weighted by Crippen LogP contribution is -2.42. The predicted molar refractivity (Wildman–Crippen MR) is 91.7 cm³/mol. The minimum atomic E-state index is -1.04. The zero-order chi connectivity index (χ0) is 17.9. The Morgan fingerprint density at radius 1 is 1.42 bits per heavy atom. The molecular weight excluding hydrogens is 330 g/mol. The summed E-state index contributed by atoms with van der Waals surface area (Å²) in [7, 11) is 0.